The fraction of sp³-hybridized carbons (Fsp3) is 0.611. The molecule has 0 aliphatic heterocycles. The van der Waals surface area contributed by atoms with Gasteiger partial charge in [0.1, 0.15) is 0 Å². The van der Waals surface area contributed by atoms with Crippen LogP contribution in [0, 0.1) is 0 Å². The molecule has 5 nitrogen and oxygen atoms in total. The number of guanidine groups is 1. The van der Waals surface area contributed by atoms with Crippen molar-refractivity contribution in [3.05, 3.63) is 35.4 Å². The summed E-state index contributed by atoms with van der Waals surface area (Å²) >= 11 is 0. The first-order valence-electron chi connectivity index (χ1n) is 8.56. The number of nitrogens with zero attached hydrogens (tertiary/aromatic N) is 1. The van der Waals surface area contributed by atoms with Crippen molar-refractivity contribution in [1.29, 1.82) is 0 Å². The summed E-state index contributed by atoms with van der Waals surface area (Å²) in [5.74, 6) is 0.636. The van der Waals surface area contributed by atoms with Crippen molar-refractivity contribution in [2.75, 3.05) is 47.1 Å². The zero-order chi connectivity index (χ0) is 19.4. The van der Waals surface area contributed by atoms with Crippen LogP contribution in [0.2, 0.25) is 0 Å². The molecule has 0 amide bonds. The Labute approximate surface area is 176 Å². The largest absolute Gasteiger partial charge is 0.416 e. The van der Waals surface area contributed by atoms with E-state index in [1.54, 1.807) is 20.2 Å². The van der Waals surface area contributed by atoms with E-state index in [-0.39, 0.29) is 29.9 Å². The summed E-state index contributed by atoms with van der Waals surface area (Å²) in [6.07, 6.45) is -3.63. The number of alkyl halides is 3. The van der Waals surface area contributed by atoms with Crippen LogP contribution in [0.4, 0.5) is 13.2 Å². The minimum Gasteiger partial charge on any atom is -0.382 e. The van der Waals surface area contributed by atoms with Crippen LogP contribution in [0.15, 0.2) is 29.3 Å². The number of hydrogen-bond acceptors (Lipinski definition) is 3. The standard InChI is InChI=1S/C18H28F3N3O2.HI/c1-14(15-5-4-6-16(13-15)18(19,20)21)7-8-23-17(22-2)24-9-10-26-12-11-25-3;/h4-6,13-14H,7-12H2,1-3H3,(H2,22,23,24);1H. The fourth-order valence-corrected chi connectivity index (χ4v) is 2.30. The van der Waals surface area contributed by atoms with E-state index in [4.69, 9.17) is 9.47 Å². The zero-order valence-electron chi connectivity index (χ0n) is 15.9. The van der Waals surface area contributed by atoms with Gasteiger partial charge in [-0.1, -0.05) is 25.1 Å². The second-order valence-corrected chi connectivity index (χ2v) is 5.84. The maximum atomic E-state index is 12.8. The van der Waals surface area contributed by atoms with E-state index >= 15 is 0 Å². The number of halogens is 4. The van der Waals surface area contributed by atoms with E-state index in [1.807, 2.05) is 6.92 Å². The molecule has 0 radical (unpaired) electrons. The summed E-state index contributed by atoms with van der Waals surface area (Å²) in [4.78, 5) is 4.10. The average Bonchev–Trinajstić information content (AvgIpc) is 2.62. The van der Waals surface area contributed by atoms with Crippen molar-refractivity contribution in [3.8, 4) is 0 Å². The fourth-order valence-electron chi connectivity index (χ4n) is 2.30. The van der Waals surface area contributed by atoms with Crippen LogP contribution < -0.4 is 10.6 Å². The molecule has 2 N–H and O–H groups in total. The van der Waals surface area contributed by atoms with E-state index in [0.717, 1.165) is 6.07 Å². The van der Waals surface area contributed by atoms with Crippen molar-refractivity contribution in [2.45, 2.75) is 25.4 Å². The number of rotatable bonds is 10. The smallest absolute Gasteiger partial charge is 0.382 e. The molecule has 156 valence electrons. The molecule has 0 heterocycles. The first-order chi connectivity index (χ1) is 12.4. The van der Waals surface area contributed by atoms with Gasteiger partial charge in [0, 0.05) is 27.2 Å². The van der Waals surface area contributed by atoms with Crippen molar-refractivity contribution < 1.29 is 22.6 Å². The third-order valence-electron chi connectivity index (χ3n) is 3.85. The molecule has 0 aliphatic carbocycles. The monoisotopic (exact) mass is 503 g/mol. The predicted molar refractivity (Wildman–Crippen MR) is 112 cm³/mol. The third kappa shape index (κ3) is 10.7. The van der Waals surface area contributed by atoms with Crippen molar-refractivity contribution in [1.82, 2.24) is 10.6 Å². The zero-order valence-corrected chi connectivity index (χ0v) is 18.3. The number of aliphatic imine (C=N–C) groups is 1. The van der Waals surface area contributed by atoms with Crippen LogP contribution in [-0.4, -0.2) is 53.0 Å². The van der Waals surface area contributed by atoms with Gasteiger partial charge < -0.3 is 20.1 Å². The molecule has 1 unspecified atom stereocenters. The Bertz CT molecular complexity index is 557. The molecule has 0 saturated heterocycles. The molecule has 9 heteroatoms. The van der Waals surface area contributed by atoms with E-state index < -0.39 is 11.7 Å². The van der Waals surface area contributed by atoms with Crippen LogP contribution in [0.5, 0.6) is 0 Å². The molecule has 1 atom stereocenters. The first-order valence-corrected chi connectivity index (χ1v) is 8.56. The Morgan fingerprint density at radius 3 is 2.48 bits per heavy atom. The molecule has 0 aliphatic rings. The minimum absolute atomic E-state index is 0. The second kappa shape index (κ2) is 14.0. The van der Waals surface area contributed by atoms with Gasteiger partial charge in [0.15, 0.2) is 5.96 Å². The van der Waals surface area contributed by atoms with Gasteiger partial charge in [-0.05, 0) is 24.0 Å². The molecular formula is C18H29F3IN3O2. The molecule has 27 heavy (non-hydrogen) atoms. The Kier molecular flexibility index (Phi) is 13.4. The van der Waals surface area contributed by atoms with Crippen molar-refractivity contribution >= 4 is 29.9 Å². The highest BCUT2D eigenvalue weighted by Gasteiger charge is 2.30. The number of hydrogen-bond donors (Lipinski definition) is 2. The Morgan fingerprint density at radius 2 is 1.85 bits per heavy atom. The molecule has 1 rings (SSSR count). The van der Waals surface area contributed by atoms with E-state index in [2.05, 4.69) is 15.6 Å². The Balaban J connectivity index is 0.00000676. The molecule has 1 aromatic carbocycles. The van der Waals surface area contributed by atoms with Crippen LogP contribution in [0.3, 0.4) is 0 Å². The van der Waals surface area contributed by atoms with Crippen LogP contribution in [0.1, 0.15) is 30.4 Å². The number of benzene rings is 1. The van der Waals surface area contributed by atoms with Gasteiger partial charge in [0.25, 0.3) is 0 Å². The normalized spacial score (nSPS) is 13.0. The van der Waals surface area contributed by atoms with Gasteiger partial charge >= 0.3 is 6.18 Å². The van der Waals surface area contributed by atoms with E-state index in [9.17, 15) is 13.2 Å². The summed E-state index contributed by atoms with van der Waals surface area (Å²) < 4.78 is 48.6. The molecule has 0 aromatic heterocycles. The molecular weight excluding hydrogens is 474 g/mol. The van der Waals surface area contributed by atoms with Crippen LogP contribution in [-0.2, 0) is 15.7 Å². The first kappa shape index (κ1) is 25.9. The maximum absolute atomic E-state index is 12.8. The van der Waals surface area contributed by atoms with Gasteiger partial charge in [-0.2, -0.15) is 13.2 Å². The maximum Gasteiger partial charge on any atom is 0.416 e. The molecule has 1 aromatic rings. The Hall–Kier alpha value is -1.07. The van der Waals surface area contributed by atoms with Crippen molar-refractivity contribution in [2.24, 2.45) is 4.99 Å². The predicted octanol–water partition coefficient (Wildman–Crippen LogP) is 3.65. The third-order valence-corrected chi connectivity index (χ3v) is 3.85. The second-order valence-electron chi connectivity index (χ2n) is 5.84. The Morgan fingerprint density at radius 1 is 1.15 bits per heavy atom. The highest BCUT2D eigenvalue weighted by molar-refractivity contribution is 14.0. The van der Waals surface area contributed by atoms with Gasteiger partial charge in [-0.25, -0.2) is 0 Å². The van der Waals surface area contributed by atoms with Gasteiger partial charge in [0.2, 0.25) is 0 Å². The molecule has 0 spiro atoms. The topological polar surface area (TPSA) is 54.9 Å². The lowest BCUT2D eigenvalue weighted by Gasteiger charge is -2.16. The number of nitrogens with one attached hydrogen (secondary N) is 2. The van der Waals surface area contributed by atoms with Crippen LogP contribution in [0.25, 0.3) is 0 Å². The quantitative estimate of drug-likeness (QED) is 0.222. The lowest BCUT2D eigenvalue weighted by molar-refractivity contribution is -0.137. The number of ether oxygens (including phenoxy) is 2. The lowest BCUT2D eigenvalue weighted by Crippen LogP contribution is -2.39. The van der Waals surface area contributed by atoms with E-state index in [0.29, 0.717) is 50.9 Å². The minimum atomic E-state index is -4.31. The van der Waals surface area contributed by atoms with Crippen LogP contribution >= 0.6 is 24.0 Å². The van der Waals surface area contributed by atoms with Crippen molar-refractivity contribution in [3.63, 3.8) is 0 Å². The summed E-state index contributed by atoms with van der Waals surface area (Å²) in [6, 6.07) is 5.49. The van der Waals surface area contributed by atoms with Gasteiger partial charge in [0.05, 0.1) is 25.4 Å². The molecule has 0 fully saturated rings. The average molecular weight is 503 g/mol. The number of methoxy groups -OCH3 is 1. The summed E-state index contributed by atoms with van der Waals surface area (Å²) in [5.41, 5.74) is 0.0665. The lowest BCUT2D eigenvalue weighted by atomic mass is 9.96. The SMILES string of the molecule is CN=C(NCCOCCOC)NCCC(C)c1cccc(C(F)(F)F)c1.I. The van der Waals surface area contributed by atoms with Gasteiger partial charge in [-0.3, -0.25) is 4.99 Å². The summed E-state index contributed by atoms with van der Waals surface area (Å²) in [7, 11) is 3.28. The highest BCUT2D eigenvalue weighted by Crippen LogP contribution is 2.31. The van der Waals surface area contributed by atoms with E-state index in [1.165, 1.54) is 12.1 Å². The molecule has 0 saturated carbocycles. The molecule has 0 bridgehead atoms. The summed E-state index contributed by atoms with van der Waals surface area (Å²) in [6.45, 7) is 4.75. The van der Waals surface area contributed by atoms with Gasteiger partial charge in [-0.15, -0.1) is 24.0 Å². The summed E-state index contributed by atoms with van der Waals surface area (Å²) in [5, 5.41) is 6.27. The highest BCUT2D eigenvalue weighted by atomic mass is 127.